The van der Waals surface area contributed by atoms with Gasteiger partial charge in [-0.3, -0.25) is 0 Å². The first-order valence-corrected chi connectivity index (χ1v) is 7.53. The van der Waals surface area contributed by atoms with Crippen LogP contribution in [0.3, 0.4) is 0 Å². The Morgan fingerprint density at radius 2 is 1.75 bits per heavy atom. The summed E-state index contributed by atoms with van der Waals surface area (Å²) in [4.78, 5) is 0. The molecule has 1 aliphatic carbocycles. The van der Waals surface area contributed by atoms with E-state index in [-0.39, 0.29) is 6.10 Å². The lowest BCUT2D eigenvalue weighted by atomic mass is 9.79. The number of aliphatic hydroxyl groups is 1. The molecule has 1 N–H and O–H groups in total. The molecule has 0 spiro atoms. The average molecular weight is 266 g/mol. The van der Waals surface area contributed by atoms with Gasteiger partial charge in [-0.2, -0.15) is 0 Å². The first-order valence-electron chi connectivity index (χ1n) is 7.53. The maximum absolute atomic E-state index is 10.5. The molecule has 3 rings (SSSR count). The Bertz CT molecular complexity index is 571. The molecule has 104 valence electrons. The smallest absolute Gasteiger partial charge is 0.0611 e. The number of benzene rings is 2. The number of aryl methyl sites for hydroxylation is 2. The summed E-state index contributed by atoms with van der Waals surface area (Å²) in [6, 6.07) is 17.2. The van der Waals surface area contributed by atoms with E-state index in [1.165, 1.54) is 22.3 Å². The molecule has 2 unspecified atom stereocenters. The van der Waals surface area contributed by atoms with Gasteiger partial charge >= 0.3 is 0 Å². The summed E-state index contributed by atoms with van der Waals surface area (Å²) < 4.78 is 0. The van der Waals surface area contributed by atoms with Crippen LogP contribution in [-0.2, 0) is 19.3 Å². The second-order valence-electron chi connectivity index (χ2n) is 6.03. The molecule has 0 aromatic heterocycles. The number of hydrogen-bond donors (Lipinski definition) is 1. The molecule has 0 aliphatic heterocycles. The lowest BCUT2D eigenvalue weighted by Gasteiger charge is -2.28. The van der Waals surface area contributed by atoms with Crippen molar-refractivity contribution in [2.75, 3.05) is 0 Å². The third-order valence-electron chi connectivity index (χ3n) is 4.49. The first kappa shape index (κ1) is 13.4. The normalized spacial score (nSPS) is 19.4. The SMILES string of the molecule is Cc1ccc(CC(O)C2CCc3ccccc3C2)cc1. The lowest BCUT2D eigenvalue weighted by Crippen LogP contribution is -2.28. The van der Waals surface area contributed by atoms with Crippen molar-refractivity contribution in [3.8, 4) is 0 Å². The molecule has 2 aromatic carbocycles. The minimum atomic E-state index is -0.230. The fourth-order valence-electron chi connectivity index (χ4n) is 3.19. The van der Waals surface area contributed by atoms with Gasteiger partial charge in [0.25, 0.3) is 0 Å². The zero-order valence-electron chi connectivity index (χ0n) is 12.0. The zero-order chi connectivity index (χ0) is 13.9. The van der Waals surface area contributed by atoms with E-state index in [4.69, 9.17) is 0 Å². The van der Waals surface area contributed by atoms with Crippen molar-refractivity contribution >= 4 is 0 Å². The van der Waals surface area contributed by atoms with Gasteiger partial charge in [-0.05, 0) is 55.2 Å². The van der Waals surface area contributed by atoms with E-state index >= 15 is 0 Å². The van der Waals surface area contributed by atoms with Crippen LogP contribution in [0.25, 0.3) is 0 Å². The van der Waals surface area contributed by atoms with Crippen LogP contribution in [0.5, 0.6) is 0 Å². The van der Waals surface area contributed by atoms with Gasteiger partial charge in [0.1, 0.15) is 0 Å². The van der Waals surface area contributed by atoms with Gasteiger partial charge in [0.15, 0.2) is 0 Å². The molecular weight excluding hydrogens is 244 g/mol. The van der Waals surface area contributed by atoms with Crippen LogP contribution in [0, 0.1) is 12.8 Å². The van der Waals surface area contributed by atoms with Crippen molar-refractivity contribution in [1.82, 2.24) is 0 Å². The molecule has 1 nitrogen and oxygen atoms in total. The van der Waals surface area contributed by atoms with E-state index < -0.39 is 0 Å². The summed E-state index contributed by atoms with van der Waals surface area (Å²) in [5.74, 6) is 0.395. The second kappa shape index (κ2) is 5.80. The standard InChI is InChI=1S/C19H22O/c1-14-6-8-15(9-7-14)12-19(20)18-11-10-16-4-2-3-5-17(16)13-18/h2-9,18-20H,10-13H2,1H3. The molecule has 0 bridgehead atoms. The highest BCUT2D eigenvalue weighted by atomic mass is 16.3. The summed E-state index contributed by atoms with van der Waals surface area (Å²) in [5.41, 5.74) is 5.40. The van der Waals surface area contributed by atoms with E-state index in [9.17, 15) is 5.11 Å². The van der Waals surface area contributed by atoms with Gasteiger partial charge in [-0.15, -0.1) is 0 Å². The maximum atomic E-state index is 10.5. The summed E-state index contributed by atoms with van der Waals surface area (Å²) in [6.07, 6.45) is 3.76. The summed E-state index contributed by atoms with van der Waals surface area (Å²) in [6.45, 7) is 2.10. The molecule has 1 heteroatoms. The maximum Gasteiger partial charge on any atom is 0.0611 e. The van der Waals surface area contributed by atoms with Crippen molar-refractivity contribution in [1.29, 1.82) is 0 Å². The molecule has 0 amide bonds. The van der Waals surface area contributed by atoms with E-state index in [2.05, 4.69) is 55.5 Å². The molecule has 2 atom stereocenters. The van der Waals surface area contributed by atoms with Crippen LogP contribution in [0.4, 0.5) is 0 Å². The van der Waals surface area contributed by atoms with Crippen LogP contribution in [0.1, 0.15) is 28.7 Å². The van der Waals surface area contributed by atoms with Crippen LogP contribution in [0.2, 0.25) is 0 Å². The minimum Gasteiger partial charge on any atom is -0.392 e. The monoisotopic (exact) mass is 266 g/mol. The van der Waals surface area contributed by atoms with Crippen molar-refractivity contribution in [3.05, 3.63) is 70.8 Å². The van der Waals surface area contributed by atoms with E-state index in [0.29, 0.717) is 5.92 Å². The predicted molar refractivity (Wildman–Crippen MR) is 82.8 cm³/mol. The Labute approximate surface area is 121 Å². The molecule has 2 aromatic rings. The first-order chi connectivity index (χ1) is 9.72. The second-order valence-corrected chi connectivity index (χ2v) is 6.03. The Morgan fingerprint density at radius 3 is 2.50 bits per heavy atom. The molecule has 0 radical (unpaired) electrons. The quantitative estimate of drug-likeness (QED) is 0.898. The van der Waals surface area contributed by atoms with Crippen LogP contribution in [-0.4, -0.2) is 11.2 Å². The molecule has 20 heavy (non-hydrogen) atoms. The molecular formula is C19H22O. The van der Waals surface area contributed by atoms with Crippen LogP contribution >= 0.6 is 0 Å². The topological polar surface area (TPSA) is 20.2 Å². The Morgan fingerprint density at radius 1 is 1.05 bits per heavy atom. The Balaban J connectivity index is 1.67. The van der Waals surface area contributed by atoms with Crippen LogP contribution in [0.15, 0.2) is 48.5 Å². The number of hydrogen-bond acceptors (Lipinski definition) is 1. The third kappa shape index (κ3) is 2.94. The number of aliphatic hydroxyl groups excluding tert-OH is 1. The molecule has 0 fully saturated rings. The van der Waals surface area contributed by atoms with Gasteiger partial charge in [0, 0.05) is 0 Å². The third-order valence-corrected chi connectivity index (χ3v) is 4.49. The van der Waals surface area contributed by atoms with E-state index in [1.54, 1.807) is 0 Å². The summed E-state index contributed by atoms with van der Waals surface area (Å²) in [5, 5.41) is 10.5. The van der Waals surface area contributed by atoms with Crippen molar-refractivity contribution in [2.24, 2.45) is 5.92 Å². The predicted octanol–water partition coefficient (Wildman–Crippen LogP) is 3.70. The minimum absolute atomic E-state index is 0.230. The lowest BCUT2D eigenvalue weighted by molar-refractivity contribution is 0.0993. The Kier molecular flexibility index (Phi) is 3.88. The van der Waals surface area contributed by atoms with Crippen LogP contribution < -0.4 is 0 Å². The van der Waals surface area contributed by atoms with Gasteiger partial charge in [0.2, 0.25) is 0 Å². The van der Waals surface area contributed by atoms with Crippen molar-refractivity contribution in [3.63, 3.8) is 0 Å². The number of rotatable bonds is 3. The highest BCUT2D eigenvalue weighted by Crippen LogP contribution is 2.28. The van der Waals surface area contributed by atoms with Crippen molar-refractivity contribution in [2.45, 2.75) is 38.7 Å². The highest BCUT2D eigenvalue weighted by molar-refractivity contribution is 5.30. The summed E-state index contributed by atoms with van der Waals surface area (Å²) in [7, 11) is 0. The fraction of sp³-hybridized carbons (Fsp3) is 0.368. The van der Waals surface area contributed by atoms with E-state index in [0.717, 1.165) is 25.7 Å². The molecule has 0 saturated heterocycles. The average Bonchev–Trinajstić information content (AvgIpc) is 2.49. The molecule has 0 heterocycles. The van der Waals surface area contributed by atoms with Gasteiger partial charge in [-0.25, -0.2) is 0 Å². The zero-order valence-corrected chi connectivity index (χ0v) is 12.0. The highest BCUT2D eigenvalue weighted by Gasteiger charge is 2.24. The van der Waals surface area contributed by atoms with Gasteiger partial charge in [0.05, 0.1) is 6.10 Å². The number of fused-ring (bicyclic) bond motifs is 1. The van der Waals surface area contributed by atoms with E-state index in [1.807, 2.05) is 0 Å². The largest absolute Gasteiger partial charge is 0.392 e. The molecule has 1 aliphatic rings. The Hall–Kier alpha value is -1.60. The summed E-state index contributed by atoms with van der Waals surface area (Å²) >= 11 is 0. The van der Waals surface area contributed by atoms with Gasteiger partial charge in [-0.1, -0.05) is 54.1 Å². The fourth-order valence-corrected chi connectivity index (χ4v) is 3.19. The van der Waals surface area contributed by atoms with Gasteiger partial charge < -0.3 is 5.11 Å². The van der Waals surface area contributed by atoms with Crippen molar-refractivity contribution < 1.29 is 5.11 Å². The molecule has 0 saturated carbocycles.